The lowest BCUT2D eigenvalue weighted by molar-refractivity contribution is 0.110. The molecule has 0 aromatic carbocycles. The van der Waals surface area contributed by atoms with Gasteiger partial charge in [0.25, 0.3) is 0 Å². The summed E-state index contributed by atoms with van der Waals surface area (Å²) in [6.07, 6.45) is 9.34. The number of hydrogen-bond acceptors (Lipinski definition) is 4. The molecule has 3 rings (SSSR count). The highest BCUT2D eigenvalue weighted by molar-refractivity contribution is 7.11. The van der Waals surface area contributed by atoms with Crippen molar-refractivity contribution in [3.05, 3.63) is 15.6 Å². The number of nitrogens with one attached hydrogen (secondary N) is 1. The third-order valence-electron chi connectivity index (χ3n) is 3.81. The van der Waals surface area contributed by atoms with Crippen molar-refractivity contribution in [3.8, 4) is 0 Å². The normalized spacial score (nSPS) is 23.9. The first-order valence-electron chi connectivity index (χ1n) is 7.21. The summed E-state index contributed by atoms with van der Waals surface area (Å²) in [6, 6.07) is 0. The topological polar surface area (TPSA) is 34.2 Å². The summed E-state index contributed by atoms with van der Waals surface area (Å²) < 4.78 is 5.61. The van der Waals surface area contributed by atoms with Gasteiger partial charge in [0.1, 0.15) is 5.01 Å². The minimum absolute atomic E-state index is 0.433. The average molecular weight is 266 g/mol. The summed E-state index contributed by atoms with van der Waals surface area (Å²) in [5.41, 5.74) is 1.38. The molecule has 3 nitrogen and oxygen atoms in total. The van der Waals surface area contributed by atoms with E-state index in [1.165, 1.54) is 55.6 Å². The zero-order chi connectivity index (χ0) is 12.2. The van der Waals surface area contributed by atoms with Crippen LogP contribution in [0.5, 0.6) is 0 Å². The van der Waals surface area contributed by atoms with E-state index in [-0.39, 0.29) is 0 Å². The minimum Gasteiger partial charge on any atom is -0.377 e. The van der Waals surface area contributed by atoms with Crippen molar-refractivity contribution in [1.29, 1.82) is 0 Å². The minimum atomic E-state index is 0.433. The maximum Gasteiger partial charge on any atom is 0.107 e. The number of aromatic nitrogens is 1. The molecule has 2 heterocycles. The van der Waals surface area contributed by atoms with Crippen LogP contribution in [-0.4, -0.2) is 24.2 Å². The summed E-state index contributed by atoms with van der Waals surface area (Å²) in [4.78, 5) is 6.33. The molecule has 18 heavy (non-hydrogen) atoms. The van der Waals surface area contributed by atoms with E-state index in [1.807, 2.05) is 11.3 Å². The van der Waals surface area contributed by atoms with Crippen molar-refractivity contribution in [1.82, 2.24) is 10.3 Å². The van der Waals surface area contributed by atoms with E-state index in [4.69, 9.17) is 9.72 Å². The highest BCUT2D eigenvalue weighted by Gasteiger charge is 2.16. The predicted octanol–water partition coefficient (Wildman–Crippen LogP) is 2.68. The first-order chi connectivity index (χ1) is 8.92. The summed E-state index contributed by atoms with van der Waals surface area (Å²) in [7, 11) is 0. The molecule has 1 fully saturated rings. The van der Waals surface area contributed by atoms with E-state index in [9.17, 15) is 0 Å². The van der Waals surface area contributed by atoms with E-state index in [2.05, 4.69) is 5.32 Å². The second kappa shape index (κ2) is 6.13. The summed E-state index contributed by atoms with van der Waals surface area (Å²) in [6.45, 7) is 2.83. The molecule has 1 saturated heterocycles. The molecule has 1 N–H and O–H groups in total. The summed E-state index contributed by atoms with van der Waals surface area (Å²) in [5.74, 6) is 0. The van der Waals surface area contributed by atoms with Crippen LogP contribution in [0.2, 0.25) is 0 Å². The van der Waals surface area contributed by atoms with Crippen LogP contribution in [0.1, 0.15) is 47.7 Å². The zero-order valence-corrected chi connectivity index (χ0v) is 11.7. The molecule has 2 aliphatic rings. The molecule has 1 unspecified atom stereocenters. The Kier molecular flexibility index (Phi) is 4.28. The predicted molar refractivity (Wildman–Crippen MR) is 74.1 cm³/mol. The molecule has 0 saturated carbocycles. The molecule has 0 amide bonds. The lowest BCUT2D eigenvalue weighted by Gasteiger charge is -2.09. The number of fused-ring (bicyclic) bond motifs is 1. The fourth-order valence-electron chi connectivity index (χ4n) is 2.80. The number of nitrogens with zero attached hydrogens (tertiary/aromatic N) is 1. The fourth-order valence-corrected chi connectivity index (χ4v) is 3.93. The lowest BCUT2D eigenvalue weighted by Crippen LogP contribution is -2.25. The summed E-state index contributed by atoms with van der Waals surface area (Å²) >= 11 is 1.92. The Hall–Kier alpha value is -0.450. The molecule has 1 aromatic heterocycles. The van der Waals surface area contributed by atoms with Gasteiger partial charge in [0.2, 0.25) is 0 Å². The molecular weight excluding hydrogens is 244 g/mol. The van der Waals surface area contributed by atoms with E-state index >= 15 is 0 Å². The van der Waals surface area contributed by atoms with Gasteiger partial charge in [-0.2, -0.15) is 0 Å². The SMILES string of the molecule is C1CCc2nc(CNCC3CCCO3)sc2CC1. The maximum absolute atomic E-state index is 5.61. The maximum atomic E-state index is 5.61. The number of thiazole rings is 1. The smallest absolute Gasteiger partial charge is 0.107 e. The molecule has 1 aliphatic heterocycles. The number of aryl methyl sites for hydroxylation is 2. The molecule has 1 aliphatic carbocycles. The van der Waals surface area contributed by atoms with Crippen LogP contribution >= 0.6 is 11.3 Å². The molecule has 1 atom stereocenters. The van der Waals surface area contributed by atoms with E-state index in [0.29, 0.717) is 6.10 Å². The molecule has 100 valence electrons. The quantitative estimate of drug-likeness (QED) is 0.851. The van der Waals surface area contributed by atoms with Crippen molar-refractivity contribution in [2.75, 3.05) is 13.2 Å². The molecule has 4 heteroatoms. The van der Waals surface area contributed by atoms with Gasteiger partial charge in [0.05, 0.1) is 11.8 Å². The Morgan fingerprint density at radius 2 is 2.17 bits per heavy atom. The van der Waals surface area contributed by atoms with Crippen LogP contribution in [-0.2, 0) is 24.1 Å². The Balaban J connectivity index is 1.50. The van der Waals surface area contributed by atoms with Crippen molar-refractivity contribution < 1.29 is 4.74 Å². The highest BCUT2D eigenvalue weighted by Crippen LogP contribution is 2.25. The molecule has 0 bridgehead atoms. The van der Waals surface area contributed by atoms with Crippen LogP contribution < -0.4 is 5.32 Å². The van der Waals surface area contributed by atoms with Crippen LogP contribution in [0.25, 0.3) is 0 Å². The Labute approximate surface area is 113 Å². The monoisotopic (exact) mass is 266 g/mol. The first-order valence-corrected chi connectivity index (χ1v) is 8.03. The van der Waals surface area contributed by atoms with Gasteiger partial charge in [0, 0.05) is 24.6 Å². The van der Waals surface area contributed by atoms with Crippen LogP contribution in [0, 0.1) is 0 Å². The zero-order valence-electron chi connectivity index (χ0n) is 10.9. The second-order valence-corrected chi connectivity index (χ2v) is 6.47. The Morgan fingerprint density at radius 3 is 3.06 bits per heavy atom. The molecule has 1 aromatic rings. The number of hydrogen-bond donors (Lipinski definition) is 1. The van der Waals surface area contributed by atoms with Gasteiger partial charge in [-0.25, -0.2) is 4.98 Å². The second-order valence-electron chi connectivity index (χ2n) is 5.30. The fraction of sp³-hybridized carbons (Fsp3) is 0.786. The standard InChI is InChI=1S/C14H22N2OS/c1-2-6-12-13(7-3-1)18-14(16-12)10-15-9-11-5-4-8-17-11/h11,15H,1-10H2. The van der Waals surface area contributed by atoms with Crippen LogP contribution in [0.4, 0.5) is 0 Å². The van der Waals surface area contributed by atoms with Gasteiger partial charge < -0.3 is 10.1 Å². The van der Waals surface area contributed by atoms with E-state index < -0.39 is 0 Å². The lowest BCUT2D eigenvalue weighted by atomic mass is 10.2. The number of rotatable bonds is 4. The van der Waals surface area contributed by atoms with Crippen LogP contribution in [0.3, 0.4) is 0 Å². The van der Waals surface area contributed by atoms with Crippen molar-refractivity contribution in [2.24, 2.45) is 0 Å². The van der Waals surface area contributed by atoms with E-state index in [0.717, 1.165) is 19.7 Å². The average Bonchev–Trinajstić information content (AvgIpc) is 2.96. The highest BCUT2D eigenvalue weighted by atomic mass is 32.1. The molecular formula is C14H22N2OS. The van der Waals surface area contributed by atoms with Gasteiger partial charge >= 0.3 is 0 Å². The van der Waals surface area contributed by atoms with Gasteiger partial charge in [-0.3, -0.25) is 0 Å². The van der Waals surface area contributed by atoms with Crippen LogP contribution in [0.15, 0.2) is 0 Å². The first kappa shape index (κ1) is 12.6. The third-order valence-corrected chi connectivity index (χ3v) is 4.97. The van der Waals surface area contributed by atoms with Crippen molar-refractivity contribution >= 4 is 11.3 Å². The van der Waals surface area contributed by atoms with Gasteiger partial charge in [-0.05, 0) is 38.5 Å². The van der Waals surface area contributed by atoms with E-state index in [1.54, 1.807) is 4.88 Å². The third kappa shape index (κ3) is 3.11. The van der Waals surface area contributed by atoms with Gasteiger partial charge in [-0.15, -0.1) is 11.3 Å². The van der Waals surface area contributed by atoms with Gasteiger partial charge in [-0.1, -0.05) is 6.42 Å². The Morgan fingerprint density at radius 1 is 1.22 bits per heavy atom. The largest absolute Gasteiger partial charge is 0.377 e. The van der Waals surface area contributed by atoms with Crippen molar-refractivity contribution in [2.45, 2.75) is 57.6 Å². The molecule has 0 spiro atoms. The summed E-state index contributed by atoms with van der Waals surface area (Å²) in [5, 5.41) is 4.76. The number of ether oxygens (including phenoxy) is 1. The van der Waals surface area contributed by atoms with Crippen molar-refractivity contribution in [3.63, 3.8) is 0 Å². The van der Waals surface area contributed by atoms with Gasteiger partial charge in [0.15, 0.2) is 0 Å². The molecule has 0 radical (unpaired) electrons. The Bertz CT molecular complexity index is 362.